The highest BCUT2D eigenvalue weighted by molar-refractivity contribution is 5.93. The lowest BCUT2D eigenvalue weighted by Crippen LogP contribution is -2.49. The molecule has 1 saturated heterocycles. The average Bonchev–Trinajstić information content (AvgIpc) is 2.97. The second kappa shape index (κ2) is 8.47. The summed E-state index contributed by atoms with van der Waals surface area (Å²) in [5.74, 6) is 1.01. The number of aryl methyl sites for hydroxylation is 3. The third-order valence-corrected chi connectivity index (χ3v) is 4.52. The molecule has 2 aromatic rings. The summed E-state index contributed by atoms with van der Waals surface area (Å²) >= 11 is 0. The molecular weight excluding hydrogens is 338 g/mol. The van der Waals surface area contributed by atoms with Gasteiger partial charge in [-0.3, -0.25) is 9.69 Å². The zero-order valence-corrected chi connectivity index (χ0v) is 15.8. The van der Waals surface area contributed by atoms with Crippen molar-refractivity contribution >= 4 is 24.0 Å². The number of piperazine rings is 1. The molecule has 1 unspecified atom stereocenters. The number of hydrogen-bond donors (Lipinski definition) is 2. The molecule has 0 spiro atoms. The van der Waals surface area contributed by atoms with E-state index in [1.807, 2.05) is 43.8 Å². The first-order valence-corrected chi connectivity index (χ1v) is 8.33. The largest absolute Gasteiger partial charge is 0.337 e. The molecule has 7 heteroatoms. The highest BCUT2D eigenvalue weighted by atomic mass is 35.5. The zero-order valence-electron chi connectivity index (χ0n) is 15.0. The second-order valence-corrected chi connectivity index (χ2v) is 6.45. The van der Waals surface area contributed by atoms with Gasteiger partial charge in [-0.05, 0) is 31.0 Å². The number of carbonyl (C=O) groups is 1. The van der Waals surface area contributed by atoms with Gasteiger partial charge in [-0.1, -0.05) is 12.1 Å². The molecular formula is C18H26ClN5O. The van der Waals surface area contributed by atoms with Gasteiger partial charge in [0.25, 0.3) is 0 Å². The van der Waals surface area contributed by atoms with Crippen LogP contribution in [-0.4, -0.2) is 46.5 Å². The highest BCUT2D eigenvalue weighted by Gasteiger charge is 2.28. The first kappa shape index (κ1) is 19.4. The van der Waals surface area contributed by atoms with E-state index in [-0.39, 0.29) is 24.4 Å². The normalized spacial score (nSPS) is 17.8. The Labute approximate surface area is 155 Å². The first-order valence-electron chi connectivity index (χ1n) is 8.33. The number of carbonyl (C=O) groups excluding carboxylic acids is 1. The summed E-state index contributed by atoms with van der Waals surface area (Å²) in [7, 11) is 1.99. The fourth-order valence-electron chi connectivity index (χ4n) is 3.13. The Balaban J connectivity index is 0.00000225. The number of anilines is 1. The molecule has 1 atom stereocenters. The Hall–Kier alpha value is -1.89. The van der Waals surface area contributed by atoms with Gasteiger partial charge < -0.3 is 15.2 Å². The number of nitrogens with one attached hydrogen (secondary N) is 2. The van der Waals surface area contributed by atoms with Gasteiger partial charge in [-0.2, -0.15) is 0 Å². The van der Waals surface area contributed by atoms with Crippen molar-refractivity contribution in [2.75, 3.05) is 31.5 Å². The SMILES string of the molecule is Cc1ccc(C)c(NC(=O)CN2CCNCC2c2nccn2C)c1.Cl. The van der Waals surface area contributed by atoms with E-state index < -0.39 is 0 Å². The van der Waals surface area contributed by atoms with Gasteiger partial charge in [0, 0.05) is 44.8 Å². The van der Waals surface area contributed by atoms with Crippen molar-refractivity contribution < 1.29 is 4.79 Å². The molecule has 0 aliphatic carbocycles. The number of hydrogen-bond acceptors (Lipinski definition) is 4. The molecule has 0 bridgehead atoms. The summed E-state index contributed by atoms with van der Waals surface area (Å²) in [4.78, 5) is 19.2. The molecule has 0 radical (unpaired) electrons. The maximum Gasteiger partial charge on any atom is 0.238 e. The lowest BCUT2D eigenvalue weighted by atomic mass is 10.1. The third kappa shape index (κ3) is 4.60. The van der Waals surface area contributed by atoms with Gasteiger partial charge in [0.05, 0.1) is 12.6 Å². The molecule has 1 aromatic heterocycles. The van der Waals surface area contributed by atoms with Crippen molar-refractivity contribution in [2.24, 2.45) is 7.05 Å². The van der Waals surface area contributed by atoms with Gasteiger partial charge >= 0.3 is 0 Å². The van der Waals surface area contributed by atoms with Gasteiger partial charge in [-0.25, -0.2) is 4.98 Å². The van der Waals surface area contributed by atoms with E-state index in [2.05, 4.69) is 26.6 Å². The maximum absolute atomic E-state index is 12.5. The van der Waals surface area contributed by atoms with E-state index >= 15 is 0 Å². The summed E-state index contributed by atoms with van der Waals surface area (Å²) in [6.45, 7) is 6.93. The Morgan fingerprint density at radius 2 is 2.20 bits per heavy atom. The van der Waals surface area contributed by atoms with Gasteiger partial charge in [-0.15, -0.1) is 12.4 Å². The van der Waals surface area contributed by atoms with Gasteiger partial charge in [0.15, 0.2) is 0 Å². The summed E-state index contributed by atoms with van der Waals surface area (Å²) in [5, 5.41) is 6.44. The standard InChI is InChI=1S/C18H25N5O.ClH/c1-13-4-5-14(2)15(10-13)21-17(24)12-23-9-6-19-11-16(23)18-20-7-8-22(18)3;/h4-5,7-8,10,16,19H,6,9,11-12H2,1-3H3,(H,21,24);1H. The molecule has 1 amide bonds. The molecule has 25 heavy (non-hydrogen) atoms. The topological polar surface area (TPSA) is 62.2 Å². The number of halogens is 1. The minimum Gasteiger partial charge on any atom is -0.337 e. The zero-order chi connectivity index (χ0) is 17.1. The van der Waals surface area contributed by atoms with Crippen molar-refractivity contribution in [3.8, 4) is 0 Å². The molecule has 1 fully saturated rings. The highest BCUT2D eigenvalue weighted by Crippen LogP contribution is 2.21. The lowest BCUT2D eigenvalue weighted by Gasteiger charge is -2.35. The van der Waals surface area contributed by atoms with Crippen LogP contribution in [0, 0.1) is 13.8 Å². The smallest absolute Gasteiger partial charge is 0.238 e. The van der Waals surface area contributed by atoms with E-state index in [4.69, 9.17) is 0 Å². The van der Waals surface area contributed by atoms with Crippen LogP contribution in [0.25, 0.3) is 0 Å². The van der Waals surface area contributed by atoms with Crippen molar-refractivity contribution in [2.45, 2.75) is 19.9 Å². The molecule has 1 aromatic carbocycles. The molecule has 2 heterocycles. The first-order chi connectivity index (χ1) is 11.5. The van der Waals surface area contributed by atoms with E-state index in [1.54, 1.807) is 6.20 Å². The Morgan fingerprint density at radius 3 is 2.92 bits per heavy atom. The van der Waals surface area contributed by atoms with Crippen LogP contribution in [0.3, 0.4) is 0 Å². The fourth-order valence-corrected chi connectivity index (χ4v) is 3.13. The lowest BCUT2D eigenvalue weighted by molar-refractivity contribution is -0.118. The van der Waals surface area contributed by atoms with Crippen molar-refractivity contribution in [3.05, 3.63) is 47.5 Å². The third-order valence-electron chi connectivity index (χ3n) is 4.52. The van der Waals surface area contributed by atoms with Gasteiger partial charge in [0.2, 0.25) is 5.91 Å². The van der Waals surface area contributed by atoms with Gasteiger partial charge in [0.1, 0.15) is 5.82 Å². The number of rotatable bonds is 4. The van der Waals surface area contributed by atoms with E-state index in [0.29, 0.717) is 6.54 Å². The molecule has 2 N–H and O–H groups in total. The van der Waals surface area contributed by atoms with Crippen LogP contribution >= 0.6 is 12.4 Å². The second-order valence-electron chi connectivity index (χ2n) is 6.45. The molecule has 0 saturated carbocycles. The van der Waals surface area contributed by atoms with Crippen LogP contribution in [0.1, 0.15) is 23.0 Å². The van der Waals surface area contributed by atoms with E-state index in [0.717, 1.165) is 42.3 Å². The number of imidazole rings is 1. The molecule has 6 nitrogen and oxygen atoms in total. The number of nitrogens with zero attached hydrogens (tertiary/aromatic N) is 3. The maximum atomic E-state index is 12.5. The van der Waals surface area contributed by atoms with E-state index in [9.17, 15) is 4.79 Å². The van der Waals surface area contributed by atoms with Crippen LogP contribution in [0.4, 0.5) is 5.69 Å². The van der Waals surface area contributed by atoms with Crippen molar-refractivity contribution in [1.29, 1.82) is 0 Å². The van der Waals surface area contributed by atoms with Crippen LogP contribution in [-0.2, 0) is 11.8 Å². The van der Waals surface area contributed by atoms with Crippen molar-refractivity contribution in [3.63, 3.8) is 0 Å². The monoisotopic (exact) mass is 363 g/mol. The van der Waals surface area contributed by atoms with Crippen LogP contribution in [0.15, 0.2) is 30.6 Å². The number of aromatic nitrogens is 2. The van der Waals surface area contributed by atoms with Crippen LogP contribution in [0.2, 0.25) is 0 Å². The molecule has 136 valence electrons. The minimum absolute atomic E-state index is 0. The number of benzene rings is 1. The summed E-state index contributed by atoms with van der Waals surface area (Å²) in [6.07, 6.45) is 3.75. The number of amides is 1. The average molecular weight is 364 g/mol. The van der Waals surface area contributed by atoms with E-state index in [1.165, 1.54) is 0 Å². The molecule has 3 rings (SSSR count). The molecule has 1 aliphatic heterocycles. The predicted octanol–water partition coefficient (Wildman–Crippen LogP) is 2.04. The van der Waals surface area contributed by atoms with Crippen molar-refractivity contribution in [1.82, 2.24) is 19.8 Å². The predicted molar refractivity (Wildman–Crippen MR) is 102 cm³/mol. The summed E-state index contributed by atoms with van der Waals surface area (Å²) in [6, 6.07) is 6.22. The summed E-state index contributed by atoms with van der Waals surface area (Å²) < 4.78 is 2.02. The minimum atomic E-state index is 0. The Morgan fingerprint density at radius 1 is 1.40 bits per heavy atom. The van der Waals surface area contributed by atoms with Crippen LogP contribution < -0.4 is 10.6 Å². The Bertz CT molecular complexity index is 730. The van der Waals surface area contributed by atoms with Crippen LogP contribution in [0.5, 0.6) is 0 Å². The molecule has 1 aliphatic rings. The fraction of sp³-hybridized carbons (Fsp3) is 0.444. The summed E-state index contributed by atoms with van der Waals surface area (Å²) in [5.41, 5.74) is 3.11. The quantitative estimate of drug-likeness (QED) is 0.872. The Kier molecular flexibility index (Phi) is 6.58.